The van der Waals surface area contributed by atoms with Crippen molar-refractivity contribution in [3.8, 4) is 33.9 Å². The number of hydrogen-bond acceptors (Lipinski definition) is 3. The van der Waals surface area contributed by atoms with Crippen molar-refractivity contribution in [1.82, 2.24) is 15.0 Å². The van der Waals surface area contributed by atoms with E-state index in [0.29, 0.717) is 5.82 Å². The van der Waals surface area contributed by atoms with Crippen molar-refractivity contribution in [1.29, 1.82) is 0 Å². The van der Waals surface area contributed by atoms with E-state index in [-0.39, 0.29) is 0 Å². The molecule has 0 bridgehead atoms. The van der Waals surface area contributed by atoms with Gasteiger partial charge in [0.05, 0.1) is 22.7 Å². The van der Waals surface area contributed by atoms with Crippen LogP contribution in [0.4, 0.5) is 0 Å². The fourth-order valence-electron chi connectivity index (χ4n) is 4.85. The highest BCUT2D eigenvalue weighted by atomic mass is 15.1. The molecule has 3 heterocycles. The molecule has 0 spiro atoms. The Hall–Kier alpha value is -4.96. The van der Waals surface area contributed by atoms with Gasteiger partial charge in [-0.25, -0.2) is 0 Å². The number of rotatable bonds is 3. The Kier molecular flexibility index (Phi) is 4.74. The lowest BCUT2D eigenvalue weighted by Crippen LogP contribution is -2.28. The van der Waals surface area contributed by atoms with E-state index < -0.39 is 0 Å². The van der Waals surface area contributed by atoms with Crippen LogP contribution in [0.5, 0.6) is 0 Å². The third-order valence-electron chi connectivity index (χ3n) is 6.65. The molecule has 7 aromatic rings. The SMILES string of the molecule is c1cncc(-c2ccc(-c3nc(-c4cccc5ccccc45)[n+]4ccc5ccccc5c4n3)cc2)c1. The van der Waals surface area contributed by atoms with Crippen molar-refractivity contribution in [3.63, 3.8) is 0 Å². The molecule has 0 amide bonds. The zero-order valence-corrected chi connectivity index (χ0v) is 19.4. The van der Waals surface area contributed by atoms with E-state index in [4.69, 9.17) is 9.97 Å². The summed E-state index contributed by atoms with van der Waals surface area (Å²) in [6, 6.07) is 37.7. The summed E-state index contributed by atoms with van der Waals surface area (Å²) in [5.74, 6) is 1.57. The second-order valence-corrected chi connectivity index (χ2v) is 8.81. The molecule has 0 unspecified atom stereocenters. The number of benzene rings is 4. The lowest BCUT2D eigenvalue weighted by molar-refractivity contribution is -0.504. The fourth-order valence-corrected chi connectivity index (χ4v) is 4.85. The highest BCUT2D eigenvalue weighted by molar-refractivity contribution is 5.96. The third kappa shape index (κ3) is 3.39. The van der Waals surface area contributed by atoms with E-state index in [1.807, 2.05) is 12.3 Å². The van der Waals surface area contributed by atoms with Gasteiger partial charge in [-0.1, -0.05) is 82.8 Å². The minimum Gasteiger partial charge on any atom is -0.264 e. The first kappa shape index (κ1) is 20.4. The summed E-state index contributed by atoms with van der Waals surface area (Å²) in [4.78, 5) is 14.5. The van der Waals surface area contributed by atoms with Gasteiger partial charge in [-0.3, -0.25) is 4.98 Å². The maximum atomic E-state index is 5.14. The van der Waals surface area contributed by atoms with Crippen molar-refractivity contribution in [2.24, 2.45) is 0 Å². The van der Waals surface area contributed by atoms with Crippen LogP contribution in [0.25, 0.3) is 61.1 Å². The summed E-state index contributed by atoms with van der Waals surface area (Å²) in [7, 11) is 0. The van der Waals surface area contributed by atoms with Gasteiger partial charge in [0.1, 0.15) is 0 Å². The van der Waals surface area contributed by atoms with Crippen LogP contribution in [-0.4, -0.2) is 15.0 Å². The maximum absolute atomic E-state index is 5.14. The highest BCUT2D eigenvalue weighted by Gasteiger charge is 2.23. The van der Waals surface area contributed by atoms with E-state index in [0.717, 1.165) is 44.5 Å². The van der Waals surface area contributed by atoms with Crippen LogP contribution in [-0.2, 0) is 0 Å². The molecule has 168 valence electrons. The molecule has 0 aliphatic carbocycles. The predicted molar refractivity (Wildman–Crippen MR) is 144 cm³/mol. The quantitative estimate of drug-likeness (QED) is 0.212. The van der Waals surface area contributed by atoms with Crippen molar-refractivity contribution in [2.45, 2.75) is 0 Å². The summed E-state index contributed by atoms with van der Waals surface area (Å²) < 4.78 is 2.11. The van der Waals surface area contributed by atoms with Crippen LogP contribution in [0, 0.1) is 0 Å². The standard InChI is InChI=1S/C32H21N4/c1-3-11-27-23(7-1)9-5-13-29(27)32-35-30(25-16-14-22(15-17-25)26-10-6-19-33-21-26)34-31-28-12-4-2-8-24(28)18-20-36(31)32/h1-21H/q+1. The highest BCUT2D eigenvalue weighted by Crippen LogP contribution is 2.29. The zero-order valence-electron chi connectivity index (χ0n) is 19.4. The van der Waals surface area contributed by atoms with Crippen LogP contribution in [0.15, 0.2) is 128 Å². The molecule has 0 saturated heterocycles. The second-order valence-electron chi connectivity index (χ2n) is 8.81. The molecular formula is C32H21N4+. The summed E-state index contributed by atoms with van der Waals surface area (Å²) in [6.07, 6.45) is 5.74. The largest absolute Gasteiger partial charge is 0.308 e. The monoisotopic (exact) mass is 461 g/mol. The van der Waals surface area contributed by atoms with E-state index in [1.165, 1.54) is 10.8 Å². The van der Waals surface area contributed by atoms with E-state index in [1.54, 1.807) is 6.20 Å². The normalized spacial score (nSPS) is 11.3. The molecule has 0 N–H and O–H groups in total. The number of aromatic nitrogens is 4. The van der Waals surface area contributed by atoms with Crippen LogP contribution in [0.1, 0.15) is 0 Å². The minimum absolute atomic E-state index is 0.701. The molecule has 0 atom stereocenters. The molecule has 7 rings (SSSR count). The van der Waals surface area contributed by atoms with Gasteiger partial charge in [0.15, 0.2) is 0 Å². The van der Waals surface area contributed by atoms with Crippen molar-refractivity contribution in [2.75, 3.05) is 0 Å². The number of fused-ring (bicyclic) bond motifs is 4. The molecule has 4 aromatic carbocycles. The van der Waals surface area contributed by atoms with Gasteiger partial charge in [0.2, 0.25) is 0 Å². The van der Waals surface area contributed by atoms with Crippen molar-refractivity contribution < 1.29 is 4.40 Å². The van der Waals surface area contributed by atoms with Gasteiger partial charge in [-0.2, -0.15) is 4.40 Å². The topological polar surface area (TPSA) is 42.8 Å². The Balaban J connectivity index is 1.50. The molecule has 4 heteroatoms. The Morgan fingerprint density at radius 2 is 1.25 bits per heavy atom. The van der Waals surface area contributed by atoms with Gasteiger partial charge in [0, 0.05) is 12.4 Å². The Labute approximate surface area is 208 Å². The average molecular weight is 462 g/mol. The lowest BCUT2D eigenvalue weighted by atomic mass is 10.0. The number of hydrogen-bond donors (Lipinski definition) is 0. The first-order valence-electron chi connectivity index (χ1n) is 12.0. The van der Waals surface area contributed by atoms with Crippen molar-refractivity contribution >= 4 is 27.2 Å². The van der Waals surface area contributed by atoms with E-state index in [9.17, 15) is 0 Å². The maximum Gasteiger partial charge on any atom is 0.308 e. The Morgan fingerprint density at radius 1 is 0.528 bits per heavy atom. The van der Waals surface area contributed by atoms with Crippen LogP contribution in [0.2, 0.25) is 0 Å². The third-order valence-corrected chi connectivity index (χ3v) is 6.65. The Bertz CT molecular complexity index is 1870. The first-order chi connectivity index (χ1) is 17.8. The summed E-state index contributed by atoms with van der Waals surface area (Å²) in [5, 5.41) is 4.60. The summed E-state index contributed by atoms with van der Waals surface area (Å²) in [5.41, 5.74) is 5.13. The number of pyridine rings is 2. The minimum atomic E-state index is 0.701. The van der Waals surface area contributed by atoms with Crippen LogP contribution < -0.4 is 4.40 Å². The van der Waals surface area contributed by atoms with Crippen molar-refractivity contribution in [3.05, 3.63) is 128 Å². The van der Waals surface area contributed by atoms with Gasteiger partial charge >= 0.3 is 5.82 Å². The first-order valence-corrected chi connectivity index (χ1v) is 12.0. The average Bonchev–Trinajstić information content (AvgIpc) is 2.97. The molecule has 0 aliphatic heterocycles. The van der Waals surface area contributed by atoms with Gasteiger partial charge in [0.25, 0.3) is 11.5 Å². The second kappa shape index (κ2) is 8.36. The molecule has 0 fully saturated rings. The van der Waals surface area contributed by atoms with Crippen LogP contribution in [0.3, 0.4) is 0 Å². The fraction of sp³-hybridized carbons (Fsp3) is 0. The molecule has 0 saturated carbocycles. The van der Waals surface area contributed by atoms with Gasteiger partial charge < -0.3 is 0 Å². The van der Waals surface area contributed by atoms with Gasteiger partial charge in [-0.15, -0.1) is 0 Å². The van der Waals surface area contributed by atoms with E-state index >= 15 is 0 Å². The van der Waals surface area contributed by atoms with Gasteiger partial charge in [-0.05, 0) is 63.7 Å². The summed E-state index contributed by atoms with van der Waals surface area (Å²) in [6.45, 7) is 0. The van der Waals surface area contributed by atoms with E-state index in [2.05, 4.69) is 119 Å². The molecular weight excluding hydrogens is 440 g/mol. The molecule has 3 aromatic heterocycles. The summed E-state index contributed by atoms with van der Waals surface area (Å²) >= 11 is 0. The van der Waals surface area contributed by atoms with Crippen LogP contribution >= 0.6 is 0 Å². The molecule has 4 nitrogen and oxygen atoms in total. The molecule has 0 aliphatic rings. The predicted octanol–water partition coefficient (Wildman–Crippen LogP) is 6.92. The number of nitrogens with zero attached hydrogens (tertiary/aromatic N) is 4. The lowest BCUT2D eigenvalue weighted by Gasteiger charge is -2.08. The zero-order chi connectivity index (χ0) is 23.9. The molecule has 0 radical (unpaired) electrons. The molecule has 36 heavy (non-hydrogen) atoms. The smallest absolute Gasteiger partial charge is 0.264 e. The Morgan fingerprint density at radius 3 is 2.06 bits per heavy atom.